The highest BCUT2D eigenvalue weighted by Crippen LogP contribution is 2.44. The summed E-state index contributed by atoms with van der Waals surface area (Å²) in [5.74, 6) is 0.207. The summed E-state index contributed by atoms with van der Waals surface area (Å²) in [5, 5.41) is 7.17. The third-order valence-corrected chi connectivity index (χ3v) is 6.61. The van der Waals surface area contributed by atoms with E-state index in [0.717, 1.165) is 23.1 Å². The van der Waals surface area contributed by atoms with E-state index in [-0.39, 0.29) is 23.7 Å². The van der Waals surface area contributed by atoms with Crippen LogP contribution in [0.5, 0.6) is 0 Å². The SMILES string of the molecule is O=C(c1cnn2c1NC(c1ccccc1)CC2C(F)(F)F)N1CCC(Cc2ccccc2)C1. The fourth-order valence-electron chi connectivity index (χ4n) is 4.92. The highest BCUT2D eigenvalue weighted by atomic mass is 19.4. The summed E-state index contributed by atoms with van der Waals surface area (Å²) < 4.78 is 42.6. The minimum atomic E-state index is -4.47. The van der Waals surface area contributed by atoms with Gasteiger partial charge in [-0.2, -0.15) is 18.3 Å². The van der Waals surface area contributed by atoms with Crippen LogP contribution in [-0.4, -0.2) is 39.9 Å². The van der Waals surface area contributed by atoms with E-state index in [2.05, 4.69) is 22.5 Å². The molecule has 0 bridgehead atoms. The van der Waals surface area contributed by atoms with E-state index < -0.39 is 18.3 Å². The lowest BCUT2D eigenvalue weighted by atomic mass is 9.96. The number of hydrogen-bond acceptors (Lipinski definition) is 3. The molecule has 5 rings (SSSR count). The predicted octanol–water partition coefficient (Wildman–Crippen LogP) is 5.25. The number of alkyl halides is 3. The molecule has 5 nitrogen and oxygen atoms in total. The Morgan fingerprint density at radius 1 is 1.06 bits per heavy atom. The van der Waals surface area contributed by atoms with E-state index in [4.69, 9.17) is 0 Å². The van der Waals surface area contributed by atoms with E-state index in [9.17, 15) is 18.0 Å². The molecule has 1 aromatic heterocycles. The van der Waals surface area contributed by atoms with Crippen LogP contribution in [-0.2, 0) is 6.42 Å². The van der Waals surface area contributed by atoms with Gasteiger partial charge in [-0.05, 0) is 29.9 Å². The highest BCUT2D eigenvalue weighted by molar-refractivity contribution is 5.99. The number of likely N-dealkylation sites (tertiary alicyclic amines) is 1. The molecule has 0 radical (unpaired) electrons. The van der Waals surface area contributed by atoms with E-state index in [1.807, 2.05) is 24.3 Å². The third-order valence-electron chi connectivity index (χ3n) is 6.61. The first-order valence-corrected chi connectivity index (χ1v) is 11.2. The van der Waals surface area contributed by atoms with Crippen LogP contribution in [0.15, 0.2) is 66.9 Å². The van der Waals surface area contributed by atoms with Gasteiger partial charge in [0, 0.05) is 19.5 Å². The maximum atomic E-state index is 13.9. The highest BCUT2D eigenvalue weighted by Gasteiger charge is 2.47. The standard InChI is InChI=1S/C25H25F3N4O/c26-25(27,28)22-14-21(19-9-5-2-6-10-19)30-23-20(15-29-32(22)23)24(33)31-12-11-18(16-31)13-17-7-3-1-4-8-17/h1-10,15,18,21-22,30H,11-14,16H2. The Kier molecular flexibility index (Phi) is 5.60. The fraction of sp³-hybridized carbons (Fsp3) is 0.360. The number of benzene rings is 2. The smallest absolute Gasteiger partial charge is 0.363 e. The summed E-state index contributed by atoms with van der Waals surface area (Å²) >= 11 is 0. The first-order valence-electron chi connectivity index (χ1n) is 11.2. The Morgan fingerprint density at radius 2 is 1.76 bits per heavy atom. The molecule has 8 heteroatoms. The van der Waals surface area contributed by atoms with Crippen molar-refractivity contribution >= 4 is 11.7 Å². The first kappa shape index (κ1) is 21.6. The molecule has 1 saturated heterocycles. The Hall–Kier alpha value is -3.29. The van der Waals surface area contributed by atoms with Gasteiger partial charge in [0.05, 0.1) is 12.2 Å². The second kappa shape index (κ2) is 8.57. The van der Waals surface area contributed by atoms with Gasteiger partial charge in [0.2, 0.25) is 0 Å². The number of carbonyl (C=O) groups excluding carboxylic acids is 1. The van der Waals surface area contributed by atoms with E-state index in [1.54, 1.807) is 29.2 Å². The van der Waals surface area contributed by atoms with Crippen molar-refractivity contribution in [1.82, 2.24) is 14.7 Å². The van der Waals surface area contributed by atoms with Crippen molar-refractivity contribution in [3.05, 3.63) is 83.6 Å². The molecule has 172 valence electrons. The lowest BCUT2D eigenvalue weighted by Gasteiger charge is -2.34. The molecule has 2 aliphatic heterocycles. The van der Waals surface area contributed by atoms with Gasteiger partial charge in [-0.25, -0.2) is 4.68 Å². The van der Waals surface area contributed by atoms with Crippen molar-refractivity contribution in [1.29, 1.82) is 0 Å². The van der Waals surface area contributed by atoms with E-state index >= 15 is 0 Å². The number of nitrogens with zero attached hydrogens (tertiary/aromatic N) is 3. The van der Waals surface area contributed by atoms with Crippen LogP contribution >= 0.6 is 0 Å². The first-order chi connectivity index (χ1) is 15.9. The van der Waals surface area contributed by atoms with Crippen molar-refractivity contribution in [2.24, 2.45) is 5.92 Å². The zero-order valence-corrected chi connectivity index (χ0v) is 18.0. The van der Waals surface area contributed by atoms with Crippen molar-refractivity contribution in [2.75, 3.05) is 18.4 Å². The number of aromatic nitrogens is 2. The molecule has 3 unspecified atom stereocenters. The lowest BCUT2D eigenvalue weighted by molar-refractivity contribution is -0.173. The van der Waals surface area contributed by atoms with Gasteiger partial charge < -0.3 is 10.2 Å². The second-order valence-electron chi connectivity index (χ2n) is 8.85. The number of rotatable bonds is 4. The largest absolute Gasteiger partial charge is 0.410 e. The van der Waals surface area contributed by atoms with Gasteiger partial charge in [-0.1, -0.05) is 60.7 Å². The molecule has 33 heavy (non-hydrogen) atoms. The minimum absolute atomic E-state index is 0.147. The summed E-state index contributed by atoms with van der Waals surface area (Å²) in [7, 11) is 0. The molecule has 0 spiro atoms. The molecule has 2 aromatic carbocycles. The summed E-state index contributed by atoms with van der Waals surface area (Å²) in [6.07, 6.45) is -1.62. The Balaban J connectivity index is 1.38. The molecule has 2 aliphatic rings. The van der Waals surface area contributed by atoms with Crippen LogP contribution in [0.25, 0.3) is 0 Å². The lowest BCUT2D eigenvalue weighted by Crippen LogP contribution is -2.37. The molecular formula is C25H25F3N4O. The fourth-order valence-corrected chi connectivity index (χ4v) is 4.92. The van der Waals surface area contributed by atoms with Gasteiger partial charge in [0.1, 0.15) is 11.4 Å². The Labute approximate surface area is 190 Å². The molecule has 0 saturated carbocycles. The number of nitrogens with one attached hydrogen (secondary N) is 1. The topological polar surface area (TPSA) is 50.2 Å². The van der Waals surface area contributed by atoms with Gasteiger partial charge in [-0.3, -0.25) is 4.79 Å². The molecule has 1 fully saturated rings. The molecule has 3 atom stereocenters. The maximum Gasteiger partial charge on any atom is 0.410 e. The second-order valence-corrected chi connectivity index (χ2v) is 8.85. The number of hydrogen-bond donors (Lipinski definition) is 1. The molecule has 3 aromatic rings. The van der Waals surface area contributed by atoms with Crippen LogP contribution < -0.4 is 5.32 Å². The Bertz CT molecular complexity index is 1110. The predicted molar refractivity (Wildman–Crippen MR) is 119 cm³/mol. The number of halogens is 3. The van der Waals surface area contributed by atoms with E-state index in [0.29, 0.717) is 19.0 Å². The average molecular weight is 454 g/mol. The van der Waals surface area contributed by atoms with Crippen molar-refractivity contribution in [2.45, 2.75) is 37.5 Å². The van der Waals surface area contributed by atoms with Gasteiger partial charge >= 0.3 is 6.18 Å². The monoisotopic (exact) mass is 454 g/mol. The third kappa shape index (κ3) is 4.34. The van der Waals surface area contributed by atoms with Gasteiger partial charge in [-0.15, -0.1) is 0 Å². The summed E-state index contributed by atoms with van der Waals surface area (Å²) in [5.41, 5.74) is 2.17. The molecule has 1 N–H and O–H groups in total. The van der Waals surface area contributed by atoms with Crippen LogP contribution in [0.4, 0.5) is 19.0 Å². The van der Waals surface area contributed by atoms with Crippen LogP contribution in [0.2, 0.25) is 0 Å². The summed E-state index contributed by atoms with van der Waals surface area (Å²) in [6.45, 7) is 1.18. The molecular weight excluding hydrogens is 429 g/mol. The number of amides is 1. The normalized spacial score (nSPS) is 22.6. The van der Waals surface area contributed by atoms with E-state index in [1.165, 1.54) is 11.8 Å². The number of carbonyl (C=O) groups is 1. The molecule has 1 amide bonds. The van der Waals surface area contributed by atoms with Crippen molar-refractivity contribution in [3.63, 3.8) is 0 Å². The number of anilines is 1. The van der Waals surface area contributed by atoms with Crippen molar-refractivity contribution < 1.29 is 18.0 Å². The van der Waals surface area contributed by atoms with Crippen LogP contribution in [0.1, 0.15) is 46.4 Å². The minimum Gasteiger partial charge on any atom is -0.363 e. The van der Waals surface area contributed by atoms with Crippen LogP contribution in [0.3, 0.4) is 0 Å². The summed E-state index contributed by atoms with van der Waals surface area (Å²) in [4.78, 5) is 15.1. The average Bonchev–Trinajstić information content (AvgIpc) is 3.46. The summed E-state index contributed by atoms with van der Waals surface area (Å²) in [6, 6.07) is 16.8. The van der Waals surface area contributed by atoms with Crippen molar-refractivity contribution in [3.8, 4) is 0 Å². The Morgan fingerprint density at radius 3 is 2.45 bits per heavy atom. The maximum absolute atomic E-state index is 13.9. The van der Waals surface area contributed by atoms with Gasteiger partial charge in [0.25, 0.3) is 5.91 Å². The quantitative estimate of drug-likeness (QED) is 0.586. The van der Waals surface area contributed by atoms with Gasteiger partial charge in [0.15, 0.2) is 6.04 Å². The zero-order valence-electron chi connectivity index (χ0n) is 18.0. The molecule has 3 heterocycles. The zero-order chi connectivity index (χ0) is 23.0. The molecule has 0 aliphatic carbocycles. The number of fused-ring (bicyclic) bond motifs is 1. The van der Waals surface area contributed by atoms with Crippen LogP contribution in [0, 0.1) is 5.92 Å².